The molecule has 1 aromatic rings. The van der Waals surface area contributed by atoms with Crippen LogP contribution >= 0.6 is 0 Å². The predicted octanol–water partition coefficient (Wildman–Crippen LogP) is 6.62. The standard InChI is InChI=1S/C63H96O20/c1-14-34(2)58(66)78-39(7)61(67)26-27-63(69)60(61,9)48(80-49(64)21-20-40-18-16-15-17-19-40)33-47-59(8)24-23-42(28-41(59)22-25-62(47,63)68)79-50-30-44(71-11)55(36(4)75-50)82-52-32-46(73-13)57(38(6)77-52)83-53-31-45(72-12)56(37(5)76-53)81-51-29-43(70-10)54(65)35(3)74-51/h15-22,34-39,42-48,50-57,65,67-69H,14,23-33H2,1-13H3/b21-20+/t34-,35+,36+,37-,38+,39+,42+,43-,44-,45+,46+,47-,48-,50-,51+,52+,53+,54+,55+,56-,57-,59+,60-,61-,62+,63-/m1/s1. The first-order valence-corrected chi connectivity index (χ1v) is 30.4. The maximum absolute atomic E-state index is 13.9. The molecule has 4 N–H and O–H groups in total. The van der Waals surface area contributed by atoms with Crippen LogP contribution in [0.3, 0.4) is 0 Å². The van der Waals surface area contributed by atoms with E-state index in [4.69, 9.17) is 66.3 Å². The minimum Gasteiger partial charge on any atom is -0.459 e. The van der Waals surface area contributed by atoms with E-state index in [0.717, 1.165) is 11.1 Å². The summed E-state index contributed by atoms with van der Waals surface area (Å²) in [5.41, 5.74) is -6.04. The van der Waals surface area contributed by atoms with E-state index in [1.807, 2.05) is 64.1 Å². The molecule has 83 heavy (non-hydrogen) atoms. The lowest BCUT2D eigenvalue weighted by atomic mass is 9.42. The van der Waals surface area contributed by atoms with Crippen molar-refractivity contribution < 1.29 is 96.3 Å². The summed E-state index contributed by atoms with van der Waals surface area (Å²) in [4.78, 5) is 27.2. The Labute approximate surface area is 490 Å². The number of methoxy groups -OCH3 is 4. The molecule has 3 saturated carbocycles. The number of aliphatic hydroxyl groups is 4. The molecule has 9 rings (SSSR count). The van der Waals surface area contributed by atoms with Crippen LogP contribution in [-0.2, 0) is 75.9 Å². The second-order valence-electron chi connectivity index (χ2n) is 25.5. The fourth-order valence-electron chi connectivity index (χ4n) is 15.7. The quantitative estimate of drug-likeness (QED) is 0.0646. The van der Waals surface area contributed by atoms with Crippen LogP contribution in [0.15, 0.2) is 48.1 Å². The Balaban J connectivity index is 0.830. The number of rotatable bonds is 19. The first-order valence-electron chi connectivity index (χ1n) is 30.4. The van der Waals surface area contributed by atoms with E-state index in [1.165, 1.54) is 6.08 Å². The number of aliphatic hydroxyl groups excluding tert-OH is 1. The second kappa shape index (κ2) is 26.0. The van der Waals surface area contributed by atoms with Gasteiger partial charge in [-0.2, -0.15) is 0 Å². The first kappa shape index (κ1) is 64.5. The van der Waals surface area contributed by atoms with Crippen LogP contribution in [0.25, 0.3) is 6.08 Å². The summed E-state index contributed by atoms with van der Waals surface area (Å²) in [6.07, 6.45) is -1.66. The van der Waals surface area contributed by atoms with Crippen molar-refractivity contribution in [2.45, 2.75) is 273 Å². The van der Waals surface area contributed by atoms with Crippen LogP contribution in [0, 0.1) is 22.7 Å². The number of carbonyl (C=O) groups is 2. The fourth-order valence-corrected chi connectivity index (χ4v) is 15.7. The van der Waals surface area contributed by atoms with Crippen LogP contribution in [0.5, 0.6) is 0 Å². The number of esters is 2. The predicted molar refractivity (Wildman–Crippen MR) is 300 cm³/mol. The summed E-state index contributed by atoms with van der Waals surface area (Å²) in [5.74, 6) is -2.15. The molecule has 20 heteroatoms. The molecule has 0 amide bonds. The van der Waals surface area contributed by atoms with Gasteiger partial charge in [0.25, 0.3) is 0 Å². The molecule has 0 spiro atoms. The van der Waals surface area contributed by atoms with Gasteiger partial charge in [-0.15, -0.1) is 0 Å². The van der Waals surface area contributed by atoms with E-state index >= 15 is 0 Å². The maximum Gasteiger partial charge on any atom is 0.331 e. The molecule has 4 aliphatic carbocycles. The van der Waals surface area contributed by atoms with Crippen molar-refractivity contribution in [3.8, 4) is 0 Å². The molecule has 4 heterocycles. The molecule has 0 bridgehead atoms. The van der Waals surface area contributed by atoms with Gasteiger partial charge in [0.15, 0.2) is 25.2 Å². The number of benzene rings is 1. The lowest BCUT2D eigenvalue weighted by Crippen LogP contribution is -2.78. The average Bonchev–Trinajstić information content (AvgIpc) is 1.70. The molecule has 1 aromatic carbocycles. The zero-order valence-corrected chi connectivity index (χ0v) is 51.0. The van der Waals surface area contributed by atoms with Gasteiger partial charge in [0.2, 0.25) is 0 Å². The monoisotopic (exact) mass is 1170 g/mol. The Morgan fingerprint density at radius 2 is 1.19 bits per heavy atom. The van der Waals surface area contributed by atoms with Crippen molar-refractivity contribution in [1.29, 1.82) is 0 Å². The Bertz CT molecular complexity index is 2410. The lowest BCUT2D eigenvalue weighted by Gasteiger charge is -2.67. The third-order valence-electron chi connectivity index (χ3n) is 21.1. The van der Waals surface area contributed by atoms with Crippen LogP contribution in [0.1, 0.15) is 145 Å². The summed E-state index contributed by atoms with van der Waals surface area (Å²) in [6.45, 7) is 16.6. The molecule has 4 saturated heterocycles. The highest BCUT2D eigenvalue weighted by atomic mass is 16.8. The van der Waals surface area contributed by atoms with E-state index in [1.54, 1.807) is 62.2 Å². The molecular weight excluding hydrogens is 1080 g/mol. The van der Waals surface area contributed by atoms with Crippen molar-refractivity contribution in [3.05, 3.63) is 53.6 Å². The van der Waals surface area contributed by atoms with Crippen molar-refractivity contribution >= 4 is 18.0 Å². The number of fused-ring (bicyclic) bond motifs is 5. The van der Waals surface area contributed by atoms with Gasteiger partial charge in [-0.3, -0.25) is 4.79 Å². The lowest BCUT2D eigenvalue weighted by molar-refractivity contribution is -0.347. The van der Waals surface area contributed by atoms with E-state index in [0.29, 0.717) is 51.4 Å². The van der Waals surface area contributed by atoms with E-state index in [2.05, 4.69) is 6.92 Å². The van der Waals surface area contributed by atoms with Gasteiger partial charge < -0.3 is 86.7 Å². The summed E-state index contributed by atoms with van der Waals surface area (Å²) >= 11 is 0. The largest absolute Gasteiger partial charge is 0.459 e. The van der Waals surface area contributed by atoms with E-state index < -0.39 is 156 Å². The summed E-state index contributed by atoms with van der Waals surface area (Å²) in [7, 11) is 6.49. The van der Waals surface area contributed by atoms with Gasteiger partial charge in [0.05, 0.1) is 66.3 Å². The van der Waals surface area contributed by atoms with E-state index in [9.17, 15) is 30.0 Å². The highest BCUT2D eigenvalue weighted by molar-refractivity contribution is 5.87. The highest BCUT2D eigenvalue weighted by Crippen LogP contribution is 2.71. The number of ether oxygens (including phenoxy) is 14. The minimum absolute atomic E-state index is 0.00256. The fraction of sp³-hybridized carbons (Fsp3) is 0.810. The average molecular weight is 1170 g/mol. The molecule has 4 aliphatic heterocycles. The van der Waals surface area contributed by atoms with Gasteiger partial charge in [-0.25, -0.2) is 4.79 Å². The van der Waals surface area contributed by atoms with Crippen molar-refractivity contribution in [3.63, 3.8) is 0 Å². The Kier molecular flexibility index (Phi) is 20.2. The molecule has 0 radical (unpaired) electrons. The van der Waals surface area contributed by atoms with Crippen molar-refractivity contribution in [2.75, 3.05) is 28.4 Å². The molecule has 468 valence electrons. The number of hydrogen-bond donors (Lipinski definition) is 4. The van der Waals surface area contributed by atoms with Gasteiger partial charge in [0.1, 0.15) is 53.4 Å². The van der Waals surface area contributed by atoms with Crippen molar-refractivity contribution in [1.82, 2.24) is 0 Å². The zero-order chi connectivity index (χ0) is 60.0. The second-order valence-corrected chi connectivity index (χ2v) is 25.5. The van der Waals surface area contributed by atoms with Crippen LogP contribution in [0.4, 0.5) is 0 Å². The third kappa shape index (κ3) is 12.2. The van der Waals surface area contributed by atoms with Gasteiger partial charge in [0, 0.05) is 66.1 Å². The zero-order valence-electron chi connectivity index (χ0n) is 51.0. The number of hydrogen-bond acceptors (Lipinski definition) is 20. The molecule has 0 aromatic heterocycles. The third-order valence-corrected chi connectivity index (χ3v) is 21.1. The molecular formula is C63H96O20. The highest BCUT2D eigenvalue weighted by Gasteiger charge is 2.81. The molecule has 7 fully saturated rings. The number of carbonyl (C=O) groups excluding carboxylic acids is 2. The maximum atomic E-state index is 13.9. The Morgan fingerprint density at radius 3 is 1.71 bits per heavy atom. The topological polar surface area (TPSA) is 244 Å². The molecule has 20 nitrogen and oxygen atoms in total. The van der Waals surface area contributed by atoms with E-state index in [-0.39, 0.29) is 37.9 Å². The Morgan fingerprint density at radius 1 is 0.687 bits per heavy atom. The molecule has 26 atom stereocenters. The van der Waals surface area contributed by atoms with Crippen molar-refractivity contribution in [2.24, 2.45) is 22.7 Å². The normalized spacial score (nSPS) is 46.2. The molecule has 0 unspecified atom stereocenters. The summed E-state index contributed by atoms with van der Waals surface area (Å²) < 4.78 is 88.0. The van der Waals surface area contributed by atoms with Gasteiger partial charge in [-0.05, 0) is 103 Å². The van der Waals surface area contributed by atoms with Gasteiger partial charge in [-0.1, -0.05) is 69.7 Å². The first-order chi connectivity index (χ1) is 39.4. The smallest absolute Gasteiger partial charge is 0.331 e. The van der Waals surface area contributed by atoms with Crippen LogP contribution < -0.4 is 0 Å². The molecule has 8 aliphatic rings. The van der Waals surface area contributed by atoms with Crippen LogP contribution in [0.2, 0.25) is 0 Å². The van der Waals surface area contributed by atoms with Crippen LogP contribution in [-0.4, -0.2) is 194 Å². The van der Waals surface area contributed by atoms with Gasteiger partial charge >= 0.3 is 11.9 Å². The summed E-state index contributed by atoms with van der Waals surface area (Å²) in [5, 5.41) is 50.1. The minimum atomic E-state index is -1.97. The SMILES string of the molecule is CC[C@@H](C)C(=O)O[C@@H](C)[C@]1(O)CC[C@@]2(O)[C@]1(C)[C@H](OC(=O)/C=C/c1ccccc1)C[C@@H]1[C@@]3(C)CC[C@H](O[C@@H]4C[C@@H](OC)[C@@H](O[C@H]5C[C@H](OC)[C@H](O[C@H]6C[C@H](OC)[C@H](O[C@H]7C[C@@H](OC)[C@@H](O)[C@H](C)O7)[C@@H](C)O6)[C@H](C)O5)[C@H](C)O4)CC3=CC[C@]12O. The Hall–Kier alpha value is -3.00. The summed E-state index contributed by atoms with van der Waals surface area (Å²) in [6, 6.07) is 9.35.